The second-order valence-corrected chi connectivity index (χ2v) is 15.8. The number of nitrogens with zero attached hydrogens (tertiary/aromatic N) is 6. The van der Waals surface area contributed by atoms with Crippen LogP contribution in [0.5, 0.6) is 0 Å². The summed E-state index contributed by atoms with van der Waals surface area (Å²) in [4.78, 5) is 37.5. The molecule has 2 saturated carbocycles. The molecule has 0 spiro atoms. The highest BCUT2D eigenvalue weighted by molar-refractivity contribution is 7.22. The molecule has 8 rings (SSSR count). The van der Waals surface area contributed by atoms with Gasteiger partial charge in [0, 0.05) is 30.8 Å². The number of anilines is 2. The topological polar surface area (TPSA) is 126 Å². The van der Waals surface area contributed by atoms with E-state index in [4.69, 9.17) is 0 Å². The number of carboxylic acids is 1. The Morgan fingerprint density at radius 1 is 1.00 bits per heavy atom. The third-order valence-corrected chi connectivity index (χ3v) is 11.9. The summed E-state index contributed by atoms with van der Waals surface area (Å²) in [5.41, 5.74) is 5.50. The van der Waals surface area contributed by atoms with Crippen molar-refractivity contribution in [3.63, 3.8) is 0 Å². The Kier molecular flexibility index (Phi) is 7.97. The van der Waals surface area contributed by atoms with Gasteiger partial charge in [-0.1, -0.05) is 54.7 Å². The molecule has 252 valence electrons. The molecule has 10 nitrogen and oxygen atoms in total. The summed E-state index contributed by atoms with van der Waals surface area (Å²) in [6.45, 7) is 8.64. The minimum Gasteiger partial charge on any atom is -0.476 e. The number of carbonyl (C=O) groups is 2. The Hall–Kier alpha value is -4.64. The van der Waals surface area contributed by atoms with Crippen molar-refractivity contribution in [1.29, 1.82) is 0 Å². The van der Waals surface area contributed by atoms with Crippen LogP contribution in [0.2, 0.25) is 0 Å². The van der Waals surface area contributed by atoms with E-state index in [2.05, 4.69) is 39.4 Å². The molecule has 11 heteroatoms. The van der Waals surface area contributed by atoms with Crippen molar-refractivity contribution in [1.82, 2.24) is 25.0 Å². The molecule has 2 unspecified atom stereocenters. The molecule has 1 aliphatic heterocycles. The Bertz CT molecular complexity index is 2030. The van der Waals surface area contributed by atoms with Crippen LogP contribution in [0.3, 0.4) is 0 Å². The average molecular weight is 676 g/mol. The van der Waals surface area contributed by atoms with E-state index >= 15 is 0 Å². The minimum atomic E-state index is -1.11. The van der Waals surface area contributed by atoms with Gasteiger partial charge in [0.1, 0.15) is 11.5 Å². The molecule has 4 heterocycles. The lowest BCUT2D eigenvalue weighted by molar-refractivity contribution is 0.00139. The lowest BCUT2D eigenvalue weighted by Crippen LogP contribution is -2.42. The van der Waals surface area contributed by atoms with Gasteiger partial charge >= 0.3 is 5.97 Å². The summed E-state index contributed by atoms with van der Waals surface area (Å²) in [6.07, 6.45) is 6.96. The van der Waals surface area contributed by atoms with E-state index in [1.54, 1.807) is 0 Å². The predicted octanol–water partition coefficient (Wildman–Crippen LogP) is 7.62. The standard InChI is InChI=1S/C38H41N7O3S/c1-22-15-25-16-23(2)18-38(17-22,19-25)21-45-24(3)33(42-43-45)28-11-12-32(40-34(28)36(47)48)44-14-13-26-7-6-8-27(29(26)20-44)35(46)41-37-39-30-9-4-5-10-31(30)49-37/h4-12,22-23,25H,13-21H2,1-3H3,(H,47,48)(H,39,41,46). The second kappa shape index (κ2) is 12.4. The molecule has 3 aromatic heterocycles. The molecule has 5 aromatic rings. The first-order chi connectivity index (χ1) is 23.6. The zero-order valence-corrected chi connectivity index (χ0v) is 29.0. The summed E-state index contributed by atoms with van der Waals surface area (Å²) >= 11 is 1.44. The van der Waals surface area contributed by atoms with Gasteiger partial charge < -0.3 is 10.0 Å². The van der Waals surface area contributed by atoms with Gasteiger partial charge in [-0.2, -0.15) is 0 Å². The molecule has 0 saturated heterocycles. The van der Waals surface area contributed by atoms with Gasteiger partial charge in [-0.25, -0.2) is 19.4 Å². The van der Waals surface area contributed by atoms with Gasteiger partial charge in [-0.15, -0.1) is 5.10 Å². The van der Waals surface area contributed by atoms with E-state index < -0.39 is 5.97 Å². The van der Waals surface area contributed by atoms with Crippen molar-refractivity contribution in [2.45, 2.75) is 72.4 Å². The van der Waals surface area contributed by atoms with Crippen molar-refractivity contribution in [3.8, 4) is 11.3 Å². The molecule has 2 aliphatic carbocycles. The predicted molar refractivity (Wildman–Crippen MR) is 191 cm³/mol. The van der Waals surface area contributed by atoms with Crippen LogP contribution in [0.25, 0.3) is 21.5 Å². The molecule has 2 fully saturated rings. The first kappa shape index (κ1) is 31.6. The van der Waals surface area contributed by atoms with Crippen molar-refractivity contribution in [2.75, 3.05) is 16.8 Å². The van der Waals surface area contributed by atoms with Crippen molar-refractivity contribution < 1.29 is 14.7 Å². The minimum absolute atomic E-state index is 0.0453. The molecule has 2 bridgehead atoms. The molecule has 3 aliphatic rings. The number of carbonyl (C=O) groups excluding carboxylic acids is 1. The molecule has 1 amide bonds. The number of rotatable bonds is 7. The number of nitrogens with one attached hydrogen (secondary N) is 1. The fourth-order valence-electron chi connectivity index (χ4n) is 9.24. The SMILES string of the molecule is Cc1c(-c2ccc(N3CCc4cccc(C(=O)Nc5nc6ccccc6s5)c4C3)nc2C(=O)O)nnn1CC12CC(C)CC(CC(C)C1)C2. The van der Waals surface area contributed by atoms with Crippen LogP contribution >= 0.6 is 11.3 Å². The van der Waals surface area contributed by atoms with Crippen molar-refractivity contribution >= 4 is 44.4 Å². The number of carboxylic acid groups (broad SMARTS) is 1. The zero-order valence-electron chi connectivity index (χ0n) is 28.1. The summed E-state index contributed by atoms with van der Waals surface area (Å²) in [7, 11) is 0. The van der Waals surface area contributed by atoms with Gasteiger partial charge in [0.25, 0.3) is 5.91 Å². The maximum atomic E-state index is 13.5. The molecular formula is C38H41N7O3S. The van der Waals surface area contributed by atoms with E-state index in [1.165, 1.54) is 43.4 Å². The zero-order chi connectivity index (χ0) is 33.9. The van der Waals surface area contributed by atoms with Crippen LogP contribution in [0.15, 0.2) is 54.6 Å². The van der Waals surface area contributed by atoms with Crippen LogP contribution < -0.4 is 10.2 Å². The molecule has 2 N–H and O–H groups in total. The normalized spacial score (nSPS) is 23.3. The van der Waals surface area contributed by atoms with Gasteiger partial charge in [-0.05, 0) is 110 Å². The maximum Gasteiger partial charge on any atom is 0.355 e. The Morgan fingerprint density at radius 2 is 1.80 bits per heavy atom. The number of thiazole rings is 1. The van der Waals surface area contributed by atoms with Crippen molar-refractivity contribution in [3.05, 3.63) is 82.7 Å². The highest BCUT2D eigenvalue weighted by Crippen LogP contribution is 2.53. The van der Waals surface area contributed by atoms with Gasteiger partial charge in [-0.3, -0.25) is 10.1 Å². The Balaban J connectivity index is 1.04. The largest absolute Gasteiger partial charge is 0.476 e. The Labute approximate surface area is 289 Å². The highest BCUT2D eigenvalue weighted by atomic mass is 32.1. The summed E-state index contributed by atoms with van der Waals surface area (Å²) < 4.78 is 3.01. The van der Waals surface area contributed by atoms with Gasteiger partial charge in [0.05, 0.1) is 15.9 Å². The maximum absolute atomic E-state index is 13.5. The van der Waals surface area contributed by atoms with Gasteiger partial charge in [0.15, 0.2) is 10.8 Å². The quantitative estimate of drug-likeness (QED) is 0.180. The summed E-state index contributed by atoms with van der Waals surface area (Å²) in [5.74, 6) is 1.41. The highest BCUT2D eigenvalue weighted by Gasteiger charge is 2.45. The number of hydrogen-bond donors (Lipinski definition) is 2. The molecule has 2 atom stereocenters. The van der Waals surface area contributed by atoms with E-state index in [1.807, 2.05) is 71.1 Å². The van der Waals surface area contributed by atoms with E-state index in [0.717, 1.165) is 39.5 Å². The number of amides is 1. The van der Waals surface area contributed by atoms with Crippen LogP contribution in [-0.2, 0) is 19.5 Å². The average Bonchev–Trinajstić information content (AvgIpc) is 3.64. The van der Waals surface area contributed by atoms with Crippen LogP contribution in [0.4, 0.5) is 10.9 Å². The summed E-state index contributed by atoms with van der Waals surface area (Å²) in [5, 5.41) is 23.0. The third-order valence-electron chi connectivity index (χ3n) is 10.9. The first-order valence-corrected chi connectivity index (χ1v) is 18.1. The third kappa shape index (κ3) is 5.98. The van der Waals surface area contributed by atoms with Gasteiger partial charge in [0.2, 0.25) is 0 Å². The number of aromatic nitrogens is 5. The Morgan fingerprint density at radius 3 is 2.57 bits per heavy atom. The smallest absolute Gasteiger partial charge is 0.355 e. The number of hydrogen-bond acceptors (Lipinski definition) is 8. The fourth-order valence-corrected chi connectivity index (χ4v) is 10.1. The lowest BCUT2D eigenvalue weighted by Gasteiger charge is -2.50. The lowest BCUT2D eigenvalue weighted by atomic mass is 9.57. The number of fused-ring (bicyclic) bond motifs is 4. The number of aromatic carboxylic acids is 1. The first-order valence-electron chi connectivity index (χ1n) is 17.3. The van der Waals surface area contributed by atoms with Crippen LogP contribution in [0, 0.1) is 30.1 Å². The second-order valence-electron chi connectivity index (χ2n) is 14.8. The van der Waals surface area contributed by atoms with E-state index in [-0.39, 0.29) is 17.0 Å². The monoisotopic (exact) mass is 675 g/mol. The molecule has 2 aromatic carbocycles. The van der Waals surface area contributed by atoms with Crippen LogP contribution in [-0.4, -0.2) is 48.5 Å². The molecule has 49 heavy (non-hydrogen) atoms. The molecular weight excluding hydrogens is 635 g/mol. The fraction of sp³-hybridized carbons (Fsp3) is 0.421. The number of pyridine rings is 1. The summed E-state index contributed by atoms with van der Waals surface area (Å²) in [6, 6.07) is 17.3. The van der Waals surface area contributed by atoms with E-state index in [0.29, 0.717) is 59.1 Å². The van der Waals surface area contributed by atoms with Crippen molar-refractivity contribution in [2.24, 2.45) is 23.2 Å². The molecule has 0 radical (unpaired) electrons. The number of benzene rings is 2. The van der Waals surface area contributed by atoms with Crippen LogP contribution in [0.1, 0.15) is 83.6 Å². The van der Waals surface area contributed by atoms with E-state index in [9.17, 15) is 14.7 Å². The number of para-hydroxylation sites is 1.